The molecule has 0 saturated carbocycles. The van der Waals surface area contributed by atoms with E-state index < -0.39 is 11.8 Å². The van der Waals surface area contributed by atoms with Crippen molar-refractivity contribution in [3.05, 3.63) is 59.7 Å². The standard InChI is InChI=1S/C21H24N4O4/c1-3-15-9-11-17(12-10-15)24-19(26)14-29-18-8-6-5-7-16(18)13-23-25-21(28)20(27)22-4-2/h5-13H,3-4,14H2,1-2H3,(H,22,27)(H,24,26)(H,25,28)/b23-13-. The minimum atomic E-state index is -0.866. The van der Waals surface area contributed by atoms with Gasteiger partial charge < -0.3 is 15.4 Å². The highest BCUT2D eigenvalue weighted by atomic mass is 16.5. The van der Waals surface area contributed by atoms with Gasteiger partial charge in [0, 0.05) is 17.8 Å². The Kier molecular flexibility index (Phi) is 8.37. The molecule has 3 N–H and O–H groups in total. The lowest BCUT2D eigenvalue weighted by molar-refractivity contribution is -0.139. The summed E-state index contributed by atoms with van der Waals surface area (Å²) in [4.78, 5) is 35.0. The number of hydrogen-bond donors (Lipinski definition) is 3. The number of ether oxygens (including phenoxy) is 1. The third-order valence-electron chi connectivity index (χ3n) is 3.84. The van der Waals surface area contributed by atoms with Crippen LogP contribution in [0.25, 0.3) is 0 Å². The van der Waals surface area contributed by atoms with Crippen molar-refractivity contribution in [2.24, 2.45) is 5.10 Å². The van der Waals surface area contributed by atoms with Gasteiger partial charge in [-0.15, -0.1) is 0 Å². The van der Waals surface area contributed by atoms with E-state index in [-0.39, 0.29) is 12.5 Å². The van der Waals surface area contributed by atoms with Crippen molar-refractivity contribution < 1.29 is 19.1 Å². The molecule has 0 fully saturated rings. The van der Waals surface area contributed by atoms with Gasteiger partial charge in [-0.2, -0.15) is 5.10 Å². The van der Waals surface area contributed by atoms with E-state index in [1.807, 2.05) is 24.3 Å². The van der Waals surface area contributed by atoms with Gasteiger partial charge in [0.15, 0.2) is 6.61 Å². The SMILES string of the molecule is CCNC(=O)C(=O)N/N=C\c1ccccc1OCC(=O)Nc1ccc(CC)cc1. The number of amides is 3. The van der Waals surface area contributed by atoms with E-state index in [9.17, 15) is 14.4 Å². The number of benzene rings is 2. The number of carbonyl (C=O) groups is 3. The van der Waals surface area contributed by atoms with Crippen molar-refractivity contribution in [2.75, 3.05) is 18.5 Å². The summed E-state index contributed by atoms with van der Waals surface area (Å²) in [6.45, 7) is 3.93. The first-order valence-corrected chi connectivity index (χ1v) is 9.25. The summed E-state index contributed by atoms with van der Waals surface area (Å²) in [6.07, 6.45) is 2.27. The molecule has 0 aliphatic heterocycles. The van der Waals surface area contributed by atoms with Crippen molar-refractivity contribution >= 4 is 29.6 Å². The zero-order chi connectivity index (χ0) is 21.1. The number of rotatable bonds is 8. The summed E-state index contributed by atoms with van der Waals surface area (Å²) in [6, 6.07) is 14.5. The number of nitrogens with one attached hydrogen (secondary N) is 3. The minimum absolute atomic E-state index is 0.189. The summed E-state index contributed by atoms with van der Waals surface area (Å²) < 4.78 is 5.56. The van der Waals surface area contributed by atoms with Crippen LogP contribution in [0.5, 0.6) is 5.75 Å². The van der Waals surface area contributed by atoms with Crippen molar-refractivity contribution in [1.29, 1.82) is 0 Å². The molecule has 8 heteroatoms. The second kappa shape index (κ2) is 11.2. The van der Waals surface area contributed by atoms with Gasteiger partial charge in [-0.3, -0.25) is 14.4 Å². The molecule has 0 spiro atoms. The Morgan fingerprint density at radius 2 is 1.72 bits per heavy atom. The average Bonchev–Trinajstić information content (AvgIpc) is 2.73. The molecule has 0 heterocycles. The lowest BCUT2D eigenvalue weighted by Crippen LogP contribution is -2.37. The molecule has 0 unspecified atom stereocenters. The Balaban J connectivity index is 1.90. The second-order valence-corrected chi connectivity index (χ2v) is 5.98. The van der Waals surface area contributed by atoms with E-state index in [4.69, 9.17) is 4.74 Å². The Morgan fingerprint density at radius 3 is 2.41 bits per heavy atom. The van der Waals surface area contributed by atoms with E-state index in [1.54, 1.807) is 31.2 Å². The molecular weight excluding hydrogens is 372 g/mol. The molecule has 29 heavy (non-hydrogen) atoms. The van der Waals surface area contributed by atoms with E-state index in [0.29, 0.717) is 23.5 Å². The first-order valence-electron chi connectivity index (χ1n) is 9.25. The molecule has 0 aliphatic rings. The van der Waals surface area contributed by atoms with Crippen LogP contribution < -0.4 is 20.8 Å². The van der Waals surface area contributed by atoms with Crippen LogP contribution in [-0.2, 0) is 20.8 Å². The number of hydrogen-bond acceptors (Lipinski definition) is 5. The van der Waals surface area contributed by atoms with E-state index >= 15 is 0 Å². The monoisotopic (exact) mass is 396 g/mol. The van der Waals surface area contributed by atoms with E-state index in [1.165, 1.54) is 11.8 Å². The van der Waals surface area contributed by atoms with Crippen LogP contribution in [0.2, 0.25) is 0 Å². The fraction of sp³-hybridized carbons (Fsp3) is 0.238. The van der Waals surface area contributed by atoms with Crippen LogP contribution in [0.15, 0.2) is 53.6 Å². The predicted molar refractivity (Wildman–Crippen MR) is 111 cm³/mol. The number of aryl methyl sites for hydroxylation is 1. The Labute approximate surface area is 169 Å². The number of para-hydroxylation sites is 1. The van der Waals surface area contributed by atoms with Gasteiger partial charge in [0.05, 0.1) is 6.21 Å². The number of nitrogens with zero attached hydrogens (tertiary/aromatic N) is 1. The molecule has 2 aromatic rings. The molecule has 0 bridgehead atoms. The first kappa shape index (κ1) is 21.6. The van der Waals surface area contributed by atoms with Crippen LogP contribution in [0.4, 0.5) is 5.69 Å². The molecule has 2 aromatic carbocycles. The zero-order valence-corrected chi connectivity index (χ0v) is 16.4. The van der Waals surface area contributed by atoms with Crippen LogP contribution in [0.3, 0.4) is 0 Å². The second-order valence-electron chi connectivity index (χ2n) is 5.98. The summed E-state index contributed by atoms with van der Waals surface area (Å²) in [7, 11) is 0. The Hall–Kier alpha value is -3.68. The molecule has 3 amide bonds. The summed E-state index contributed by atoms with van der Waals surface area (Å²) in [5, 5.41) is 8.89. The van der Waals surface area contributed by atoms with Crippen LogP contribution in [0, 0.1) is 0 Å². The van der Waals surface area contributed by atoms with E-state index in [2.05, 4.69) is 28.1 Å². The summed E-state index contributed by atoms with van der Waals surface area (Å²) in [5.74, 6) is -1.52. The highest BCUT2D eigenvalue weighted by Gasteiger charge is 2.11. The van der Waals surface area contributed by atoms with Crippen molar-refractivity contribution in [3.8, 4) is 5.75 Å². The highest BCUT2D eigenvalue weighted by Crippen LogP contribution is 2.16. The minimum Gasteiger partial charge on any atom is -0.483 e. The quantitative estimate of drug-likeness (QED) is 0.359. The summed E-state index contributed by atoms with van der Waals surface area (Å²) in [5.41, 5.74) is 4.56. The number of anilines is 1. The predicted octanol–water partition coefficient (Wildman–Crippen LogP) is 1.85. The highest BCUT2D eigenvalue weighted by molar-refractivity contribution is 6.35. The van der Waals surface area contributed by atoms with Gasteiger partial charge in [0.25, 0.3) is 5.91 Å². The maximum atomic E-state index is 12.1. The molecule has 0 saturated heterocycles. The van der Waals surface area contributed by atoms with Gasteiger partial charge in [0.2, 0.25) is 0 Å². The Morgan fingerprint density at radius 1 is 1.00 bits per heavy atom. The lowest BCUT2D eigenvalue weighted by Gasteiger charge is -2.10. The Bertz CT molecular complexity index is 879. The van der Waals surface area contributed by atoms with Crippen molar-refractivity contribution in [1.82, 2.24) is 10.7 Å². The van der Waals surface area contributed by atoms with E-state index in [0.717, 1.165) is 6.42 Å². The maximum absolute atomic E-state index is 12.1. The average molecular weight is 396 g/mol. The molecule has 0 aliphatic carbocycles. The molecule has 2 rings (SSSR count). The number of likely N-dealkylation sites (N-methyl/N-ethyl adjacent to an activating group) is 1. The van der Waals surface area contributed by atoms with Gasteiger partial charge in [-0.1, -0.05) is 31.2 Å². The number of carbonyl (C=O) groups excluding carboxylic acids is 3. The third kappa shape index (κ3) is 7.10. The van der Waals surface area contributed by atoms with Crippen molar-refractivity contribution in [3.63, 3.8) is 0 Å². The van der Waals surface area contributed by atoms with Crippen LogP contribution in [-0.4, -0.2) is 37.1 Å². The smallest absolute Gasteiger partial charge is 0.329 e. The maximum Gasteiger partial charge on any atom is 0.329 e. The zero-order valence-electron chi connectivity index (χ0n) is 16.4. The van der Waals surface area contributed by atoms with Crippen molar-refractivity contribution in [2.45, 2.75) is 20.3 Å². The summed E-state index contributed by atoms with van der Waals surface area (Å²) >= 11 is 0. The molecule has 0 radical (unpaired) electrons. The molecule has 152 valence electrons. The molecule has 0 atom stereocenters. The van der Waals surface area contributed by atoms with Gasteiger partial charge in [-0.25, -0.2) is 5.43 Å². The molecular formula is C21H24N4O4. The number of hydrazone groups is 1. The van der Waals surface area contributed by atoms with Gasteiger partial charge >= 0.3 is 11.8 Å². The lowest BCUT2D eigenvalue weighted by atomic mass is 10.1. The molecule has 8 nitrogen and oxygen atoms in total. The largest absolute Gasteiger partial charge is 0.483 e. The third-order valence-corrected chi connectivity index (χ3v) is 3.84. The topological polar surface area (TPSA) is 109 Å². The van der Waals surface area contributed by atoms with Gasteiger partial charge in [-0.05, 0) is 43.2 Å². The normalized spacial score (nSPS) is 10.4. The van der Waals surface area contributed by atoms with Crippen LogP contribution in [0.1, 0.15) is 25.0 Å². The molecule has 0 aromatic heterocycles. The van der Waals surface area contributed by atoms with Crippen LogP contribution >= 0.6 is 0 Å². The fourth-order valence-corrected chi connectivity index (χ4v) is 2.33. The fourth-order valence-electron chi connectivity index (χ4n) is 2.33. The van der Waals surface area contributed by atoms with Gasteiger partial charge in [0.1, 0.15) is 5.75 Å². The first-order chi connectivity index (χ1) is 14.0.